The number of hydrogen-bond donors (Lipinski definition) is 4. The fraction of sp³-hybridized carbons (Fsp3) is 0.382. The lowest BCUT2D eigenvalue weighted by molar-refractivity contribution is -0.130. The molecule has 12 heteroatoms. The second-order valence-corrected chi connectivity index (χ2v) is 11.9. The fourth-order valence-corrected chi connectivity index (χ4v) is 6.13. The molecule has 1 atom stereocenters. The smallest absolute Gasteiger partial charge is 0.247 e. The quantitative estimate of drug-likeness (QED) is 0.200. The molecule has 5 N–H and O–H groups in total. The lowest BCUT2D eigenvalue weighted by Gasteiger charge is -2.29. The van der Waals surface area contributed by atoms with E-state index >= 15 is 0 Å². The molecule has 0 spiro atoms. The van der Waals surface area contributed by atoms with Crippen LogP contribution < -0.4 is 21.3 Å². The van der Waals surface area contributed by atoms with Crippen molar-refractivity contribution in [2.75, 3.05) is 43.1 Å². The van der Waals surface area contributed by atoms with E-state index in [2.05, 4.69) is 72.6 Å². The van der Waals surface area contributed by atoms with Gasteiger partial charge in [-0.05, 0) is 96.4 Å². The summed E-state index contributed by atoms with van der Waals surface area (Å²) in [5.74, 6) is 0.487. The number of rotatable bonds is 10. The summed E-state index contributed by atoms with van der Waals surface area (Å²) >= 11 is 0. The number of hydrogen-bond acceptors (Lipinski definition) is 8. The van der Waals surface area contributed by atoms with Crippen LogP contribution in [-0.2, 0) is 20.7 Å². The zero-order valence-electron chi connectivity index (χ0n) is 25.7. The van der Waals surface area contributed by atoms with Gasteiger partial charge >= 0.3 is 0 Å². The van der Waals surface area contributed by atoms with Crippen molar-refractivity contribution >= 4 is 35.6 Å². The van der Waals surface area contributed by atoms with Crippen molar-refractivity contribution in [3.05, 3.63) is 78.4 Å². The van der Waals surface area contributed by atoms with E-state index in [0.717, 1.165) is 74.2 Å². The van der Waals surface area contributed by atoms with E-state index in [4.69, 9.17) is 10.5 Å². The van der Waals surface area contributed by atoms with Crippen LogP contribution in [0.15, 0.2) is 72.8 Å². The Morgan fingerprint density at radius 2 is 1.52 bits per heavy atom. The van der Waals surface area contributed by atoms with E-state index in [1.807, 2.05) is 24.3 Å². The average Bonchev–Trinajstić information content (AvgIpc) is 3.64. The third-order valence-electron chi connectivity index (χ3n) is 8.91. The fourth-order valence-electron chi connectivity index (χ4n) is 6.13. The Morgan fingerprint density at radius 1 is 0.891 bits per heavy atom. The number of anilines is 2. The summed E-state index contributed by atoms with van der Waals surface area (Å²) in [7, 11) is 0. The number of morpholine rings is 1. The first-order chi connectivity index (χ1) is 22.1. The number of benzene rings is 3. The van der Waals surface area contributed by atoms with Crippen LogP contribution in [0, 0.1) is 11.8 Å². The molecule has 4 aromatic rings. The van der Waals surface area contributed by atoms with E-state index in [1.165, 1.54) is 5.69 Å². The van der Waals surface area contributed by atoms with Crippen molar-refractivity contribution < 1.29 is 14.3 Å². The minimum Gasteiger partial charge on any atom is -0.378 e. The standard InChI is InChI=1S/C34H40N8O3.ClH/c35-22-24-3-7-28(8-4-24)33(43)37-31(34(44)36-29-13-9-27(10-14-29)32-38-40-41-39-32)21-23-1-5-25(6-2-23)26-11-15-30(16-12-26)42-17-19-45-20-18-42;/h1-2,5-6,9-16,24,28,31H,3-4,7-8,17-22,35H2,(H,36,44)(H,37,43)(H,38,39,40,41);1H/t24-,28-,31-;/m0./s1. The second kappa shape index (κ2) is 15.8. The van der Waals surface area contributed by atoms with Gasteiger partial charge in [0, 0.05) is 42.4 Å². The van der Waals surface area contributed by atoms with Crippen molar-refractivity contribution in [2.24, 2.45) is 17.6 Å². The molecule has 0 bridgehead atoms. The van der Waals surface area contributed by atoms with Crippen molar-refractivity contribution in [1.29, 1.82) is 0 Å². The maximum Gasteiger partial charge on any atom is 0.247 e. The molecule has 2 heterocycles. The molecule has 242 valence electrons. The molecule has 6 rings (SSSR count). The van der Waals surface area contributed by atoms with Crippen LogP contribution in [-0.4, -0.2) is 71.3 Å². The number of tetrazole rings is 1. The van der Waals surface area contributed by atoms with E-state index < -0.39 is 6.04 Å². The first-order valence-corrected chi connectivity index (χ1v) is 15.7. The van der Waals surface area contributed by atoms with Crippen LogP contribution in [0.1, 0.15) is 31.2 Å². The monoisotopic (exact) mass is 644 g/mol. The zero-order chi connectivity index (χ0) is 31.0. The maximum absolute atomic E-state index is 13.6. The number of carbonyl (C=O) groups is 2. The Hall–Kier alpha value is -4.32. The largest absolute Gasteiger partial charge is 0.378 e. The summed E-state index contributed by atoms with van der Waals surface area (Å²) in [5, 5.41) is 20.1. The highest BCUT2D eigenvalue weighted by Crippen LogP contribution is 2.29. The molecular formula is C34H41ClN8O3. The summed E-state index contributed by atoms with van der Waals surface area (Å²) in [4.78, 5) is 29.3. The Labute approximate surface area is 275 Å². The highest BCUT2D eigenvalue weighted by atomic mass is 35.5. The molecule has 0 radical (unpaired) electrons. The van der Waals surface area contributed by atoms with Crippen LogP contribution in [0.4, 0.5) is 11.4 Å². The summed E-state index contributed by atoms with van der Waals surface area (Å²) in [5.41, 5.74) is 11.6. The van der Waals surface area contributed by atoms with E-state index in [1.54, 1.807) is 12.1 Å². The minimum atomic E-state index is -0.736. The molecule has 2 aliphatic rings. The van der Waals surface area contributed by atoms with E-state index in [0.29, 0.717) is 30.4 Å². The number of aromatic nitrogens is 4. The Morgan fingerprint density at radius 3 is 2.13 bits per heavy atom. The Bertz CT molecular complexity index is 1540. The molecule has 1 aliphatic carbocycles. The number of nitrogens with zero attached hydrogens (tertiary/aromatic N) is 4. The first-order valence-electron chi connectivity index (χ1n) is 15.7. The summed E-state index contributed by atoms with van der Waals surface area (Å²) in [6.07, 6.45) is 3.82. The SMILES string of the molecule is Cl.NC[C@H]1CC[C@H](C(=O)N[C@@H](Cc2ccc(-c3ccc(N4CCOCC4)cc3)cc2)C(=O)Nc2ccc(-c3nn[nH]n3)cc2)CC1. The lowest BCUT2D eigenvalue weighted by Crippen LogP contribution is -2.48. The number of halogens is 1. The molecule has 0 unspecified atom stereocenters. The van der Waals surface area contributed by atoms with Crippen LogP contribution in [0.5, 0.6) is 0 Å². The van der Waals surface area contributed by atoms with Crippen LogP contribution in [0.25, 0.3) is 22.5 Å². The van der Waals surface area contributed by atoms with Gasteiger partial charge < -0.3 is 26.0 Å². The number of nitrogens with two attached hydrogens (primary N) is 1. The van der Waals surface area contributed by atoms with Crippen molar-refractivity contribution in [2.45, 2.75) is 38.1 Å². The first kappa shape index (κ1) is 33.1. The van der Waals surface area contributed by atoms with Crippen LogP contribution in [0.2, 0.25) is 0 Å². The Kier molecular flexibility index (Phi) is 11.4. The van der Waals surface area contributed by atoms with Crippen LogP contribution in [0.3, 0.4) is 0 Å². The normalized spacial score (nSPS) is 18.7. The van der Waals surface area contributed by atoms with Gasteiger partial charge in [0.1, 0.15) is 6.04 Å². The minimum absolute atomic E-state index is 0. The second-order valence-electron chi connectivity index (χ2n) is 11.9. The highest BCUT2D eigenvalue weighted by Gasteiger charge is 2.29. The van der Waals surface area contributed by atoms with Gasteiger partial charge in [0.25, 0.3) is 0 Å². The van der Waals surface area contributed by atoms with Gasteiger partial charge in [-0.2, -0.15) is 5.21 Å². The molecule has 1 aliphatic heterocycles. The van der Waals surface area contributed by atoms with Gasteiger partial charge in [0.05, 0.1) is 13.2 Å². The van der Waals surface area contributed by atoms with Crippen LogP contribution >= 0.6 is 12.4 Å². The zero-order valence-corrected chi connectivity index (χ0v) is 26.5. The van der Waals surface area contributed by atoms with Gasteiger partial charge in [-0.25, -0.2) is 0 Å². The molecule has 1 aromatic heterocycles. The number of carbonyl (C=O) groups excluding carboxylic acids is 2. The molecule has 2 amide bonds. The Balaban J connectivity index is 0.00000417. The molecular weight excluding hydrogens is 604 g/mol. The lowest BCUT2D eigenvalue weighted by atomic mass is 9.81. The third kappa shape index (κ3) is 8.28. The van der Waals surface area contributed by atoms with Gasteiger partial charge in [0.15, 0.2) is 0 Å². The van der Waals surface area contributed by atoms with E-state index in [9.17, 15) is 9.59 Å². The number of nitrogens with one attached hydrogen (secondary N) is 3. The van der Waals surface area contributed by atoms with Gasteiger partial charge in [-0.15, -0.1) is 22.6 Å². The molecule has 11 nitrogen and oxygen atoms in total. The molecule has 46 heavy (non-hydrogen) atoms. The van der Waals surface area contributed by atoms with Crippen molar-refractivity contribution in [3.63, 3.8) is 0 Å². The van der Waals surface area contributed by atoms with Crippen molar-refractivity contribution in [3.8, 4) is 22.5 Å². The number of aromatic amines is 1. The number of amides is 2. The van der Waals surface area contributed by atoms with Gasteiger partial charge in [-0.1, -0.05) is 36.4 Å². The average molecular weight is 645 g/mol. The number of ether oxygens (including phenoxy) is 1. The summed E-state index contributed by atoms with van der Waals surface area (Å²) < 4.78 is 5.47. The molecule has 2 fully saturated rings. The topological polar surface area (TPSA) is 151 Å². The molecule has 3 aromatic carbocycles. The third-order valence-corrected chi connectivity index (χ3v) is 8.91. The number of H-pyrrole nitrogens is 1. The predicted octanol–water partition coefficient (Wildman–Crippen LogP) is 4.22. The molecule has 1 saturated carbocycles. The van der Waals surface area contributed by atoms with Gasteiger partial charge in [-0.3, -0.25) is 9.59 Å². The predicted molar refractivity (Wildman–Crippen MR) is 181 cm³/mol. The summed E-state index contributed by atoms with van der Waals surface area (Å²) in [6.45, 7) is 3.97. The molecule has 1 saturated heterocycles. The van der Waals surface area contributed by atoms with Gasteiger partial charge in [0.2, 0.25) is 17.6 Å². The summed E-state index contributed by atoms with van der Waals surface area (Å²) in [6, 6.07) is 23.3. The van der Waals surface area contributed by atoms with E-state index in [-0.39, 0.29) is 30.1 Å². The maximum atomic E-state index is 13.6. The highest BCUT2D eigenvalue weighted by molar-refractivity contribution is 5.97. The van der Waals surface area contributed by atoms with Crippen molar-refractivity contribution in [1.82, 2.24) is 25.9 Å².